The minimum atomic E-state index is -3.50. The normalized spacial score (nSPS) is 15.6. The molecule has 0 spiro atoms. The number of hydrogen-bond acceptors (Lipinski definition) is 4. The first kappa shape index (κ1) is 21.3. The third-order valence-corrected chi connectivity index (χ3v) is 7.70. The number of benzene rings is 3. The SMILES string of the molecule is COc1ccc2cc(CNC(=O)C3CCN(S(=O)(=O)c4ccccc4)CC3)ccc2c1. The van der Waals surface area contributed by atoms with E-state index in [0.717, 1.165) is 22.1 Å². The molecule has 0 aliphatic carbocycles. The van der Waals surface area contributed by atoms with Crippen molar-refractivity contribution in [2.45, 2.75) is 24.3 Å². The number of methoxy groups -OCH3 is 1. The van der Waals surface area contributed by atoms with Crippen molar-refractivity contribution < 1.29 is 17.9 Å². The lowest BCUT2D eigenvalue weighted by atomic mass is 9.97. The number of rotatable bonds is 6. The van der Waals surface area contributed by atoms with Crippen molar-refractivity contribution in [2.24, 2.45) is 5.92 Å². The number of nitrogens with zero attached hydrogens (tertiary/aromatic N) is 1. The van der Waals surface area contributed by atoms with Gasteiger partial charge in [0, 0.05) is 25.6 Å². The zero-order valence-corrected chi connectivity index (χ0v) is 18.3. The molecule has 4 rings (SSSR count). The van der Waals surface area contributed by atoms with Gasteiger partial charge in [0.15, 0.2) is 0 Å². The molecule has 0 radical (unpaired) electrons. The van der Waals surface area contributed by atoms with E-state index in [1.54, 1.807) is 37.4 Å². The lowest BCUT2D eigenvalue weighted by molar-refractivity contribution is -0.126. The average molecular weight is 439 g/mol. The van der Waals surface area contributed by atoms with Crippen LogP contribution in [0.25, 0.3) is 10.8 Å². The minimum Gasteiger partial charge on any atom is -0.497 e. The second-order valence-electron chi connectivity index (χ2n) is 7.76. The summed E-state index contributed by atoms with van der Waals surface area (Å²) in [5, 5.41) is 5.18. The van der Waals surface area contributed by atoms with E-state index in [0.29, 0.717) is 37.4 Å². The standard InChI is InChI=1S/C24H26N2O4S/c1-30-22-10-9-20-15-18(7-8-21(20)16-22)17-25-24(27)19-11-13-26(14-12-19)31(28,29)23-5-3-2-4-6-23/h2-10,15-16,19H,11-14,17H2,1H3,(H,25,27). The first-order chi connectivity index (χ1) is 15.0. The number of fused-ring (bicyclic) bond motifs is 1. The van der Waals surface area contributed by atoms with Crippen LogP contribution in [0.2, 0.25) is 0 Å². The van der Waals surface area contributed by atoms with Gasteiger partial charge in [0.1, 0.15) is 5.75 Å². The molecule has 1 saturated heterocycles. The molecular weight excluding hydrogens is 412 g/mol. The van der Waals surface area contributed by atoms with Gasteiger partial charge in [-0.1, -0.05) is 36.4 Å². The summed E-state index contributed by atoms with van der Waals surface area (Å²) in [7, 11) is -1.85. The van der Waals surface area contributed by atoms with Gasteiger partial charge in [-0.25, -0.2) is 8.42 Å². The average Bonchev–Trinajstić information content (AvgIpc) is 2.82. The molecule has 1 fully saturated rings. The molecule has 1 aliphatic heterocycles. The fourth-order valence-electron chi connectivity index (χ4n) is 3.94. The molecule has 7 heteroatoms. The van der Waals surface area contributed by atoms with E-state index in [1.165, 1.54) is 4.31 Å². The quantitative estimate of drug-likeness (QED) is 0.639. The Kier molecular flexibility index (Phi) is 6.25. The zero-order chi connectivity index (χ0) is 21.8. The summed E-state index contributed by atoms with van der Waals surface area (Å²) in [6.45, 7) is 1.16. The number of nitrogens with one attached hydrogen (secondary N) is 1. The van der Waals surface area contributed by atoms with Crippen molar-refractivity contribution in [1.29, 1.82) is 0 Å². The molecule has 1 heterocycles. The molecule has 162 valence electrons. The number of ether oxygens (including phenoxy) is 1. The summed E-state index contributed by atoms with van der Waals surface area (Å²) in [5.41, 5.74) is 1.02. The maximum absolute atomic E-state index is 12.7. The molecule has 6 nitrogen and oxygen atoms in total. The van der Waals surface area contributed by atoms with Gasteiger partial charge in [0.25, 0.3) is 0 Å². The van der Waals surface area contributed by atoms with E-state index in [-0.39, 0.29) is 11.8 Å². The number of piperidine rings is 1. The maximum atomic E-state index is 12.7. The molecule has 0 saturated carbocycles. The van der Waals surface area contributed by atoms with Crippen LogP contribution < -0.4 is 10.1 Å². The zero-order valence-electron chi connectivity index (χ0n) is 17.5. The molecule has 0 unspecified atom stereocenters. The van der Waals surface area contributed by atoms with E-state index in [2.05, 4.69) is 11.4 Å². The molecule has 3 aromatic carbocycles. The van der Waals surface area contributed by atoms with Crippen molar-refractivity contribution in [2.75, 3.05) is 20.2 Å². The Labute approximate surface area is 182 Å². The lowest BCUT2D eigenvalue weighted by Gasteiger charge is -2.30. The van der Waals surface area contributed by atoms with Crippen LogP contribution in [0.5, 0.6) is 5.75 Å². The monoisotopic (exact) mass is 438 g/mol. The second-order valence-corrected chi connectivity index (χ2v) is 9.69. The number of hydrogen-bond donors (Lipinski definition) is 1. The van der Waals surface area contributed by atoms with Crippen LogP contribution in [0.3, 0.4) is 0 Å². The predicted octanol–water partition coefficient (Wildman–Crippen LogP) is 3.57. The number of carbonyl (C=O) groups excluding carboxylic acids is 1. The molecule has 3 aromatic rings. The fraction of sp³-hybridized carbons (Fsp3) is 0.292. The topological polar surface area (TPSA) is 75.7 Å². The second kappa shape index (κ2) is 9.08. The molecule has 1 amide bonds. The van der Waals surface area contributed by atoms with Gasteiger partial charge in [0.2, 0.25) is 15.9 Å². The van der Waals surface area contributed by atoms with Crippen molar-refractivity contribution in [3.05, 3.63) is 72.3 Å². The largest absolute Gasteiger partial charge is 0.497 e. The van der Waals surface area contributed by atoms with E-state index in [4.69, 9.17) is 4.74 Å². The highest BCUT2D eigenvalue weighted by molar-refractivity contribution is 7.89. The molecule has 0 bridgehead atoms. The Hall–Kier alpha value is -2.90. The van der Waals surface area contributed by atoms with Gasteiger partial charge in [-0.2, -0.15) is 4.31 Å². The Morgan fingerprint density at radius 2 is 1.68 bits per heavy atom. The van der Waals surface area contributed by atoms with Crippen LogP contribution in [0, 0.1) is 5.92 Å². The van der Waals surface area contributed by atoms with Crippen molar-refractivity contribution in [3.8, 4) is 5.75 Å². The van der Waals surface area contributed by atoms with Crippen LogP contribution in [-0.2, 0) is 21.4 Å². The predicted molar refractivity (Wildman–Crippen MR) is 120 cm³/mol. The Balaban J connectivity index is 1.33. The van der Waals surface area contributed by atoms with Crippen molar-refractivity contribution in [1.82, 2.24) is 9.62 Å². The van der Waals surface area contributed by atoms with Crippen molar-refractivity contribution in [3.63, 3.8) is 0 Å². The van der Waals surface area contributed by atoms with Crippen LogP contribution in [0.4, 0.5) is 0 Å². The summed E-state index contributed by atoms with van der Waals surface area (Å²) in [5.74, 6) is 0.618. The molecule has 31 heavy (non-hydrogen) atoms. The first-order valence-electron chi connectivity index (χ1n) is 10.4. The summed E-state index contributed by atoms with van der Waals surface area (Å²) < 4.78 is 32.2. The molecule has 0 aromatic heterocycles. The molecule has 0 atom stereocenters. The first-order valence-corrected chi connectivity index (χ1v) is 11.8. The molecule has 1 aliphatic rings. The summed E-state index contributed by atoms with van der Waals surface area (Å²) in [6.07, 6.45) is 1.05. The highest BCUT2D eigenvalue weighted by atomic mass is 32.2. The third kappa shape index (κ3) is 4.73. The summed E-state index contributed by atoms with van der Waals surface area (Å²) >= 11 is 0. The smallest absolute Gasteiger partial charge is 0.243 e. The van der Waals surface area contributed by atoms with Crippen LogP contribution in [0.1, 0.15) is 18.4 Å². The van der Waals surface area contributed by atoms with E-state index in [9.17, 15) is 13.2 Å². The Morgan fingerprint density at radius 1 is 1.00 bits per heavy atom. The number of amides is 1. The van der Waals surface area contributed by atoms with E-state index < -0.39 is 10.0 Å². The Morgan fingerprint density at radius 3 is 2.39 bits per heavy atom. The van der Waals surface area contributed by atoms with Gasteiger partial charge in [-0.05, 0) is 59.5 Å². The molecular formula is C24H26N2O4S. The van der Waals surface area contributed by atoms with Crippen molar-refractivity contribution >= 4 is 26.7 Å². The van der Waals surface area contributed by atoms with E-state index >= 15 is 0 Å². The van der Waals surface area contributed by atoms with Gasteiger partial charge < -0.3 is 10.1 Å². The number of sulfonamides is 1. The van der Waals surface area contributed by atoms with Crippen LogP contribution in [-0.4, -0.2) is 38.8 Å². The highest BCUT2D eigenvalue weighted by Gasteiger charge is 2.31. The highest BCUT2D eigenvalue weighted by Crippen LogP contribution is 2.25. The minimum absolute atomic E-state index is 0.0217. The van der Waals surface area contributed by atoms with E-state index in [1.807, 2.05) is 30.3 Å². The third-order valence-electron chi connectivity index (χ3n) is 5.78. The van der Waals surface area contributed by atoms with Crippen LogP contribution >= 0.6 is 0 Å². The van der Waals surface area contributed by atoms with Gasteiger partial charge >= 0.3 is 0 Å². The van der Waals surface area contributed by atoms with Crippen LogP contribution in [0.15, 0.2) is 71.6 Å². The summed E-state index contributed by atoms with van der Waals surface area (Å²) in [4.78, 5) is 12.9. The van der Waals surface area contributed by atoms with Gasteiger partial charge in [-0.15, -0.1) is 0 Å². The Bertz CT molecular complexity index is 1170. The maximum Gasteiger partial charge on any atom is 0.243 e. The number of carbonyl (C=O) groups is 1. The van der Waals surface area contributed by atoms with Gasteiger partial charge in [0.05, 0.1) is 12.0 Å². The molecule has 1 N–H and O–H groups in total. The fourth-order valence-corrected chi connectivity index (χ4v) is 5.43. The lowest BCUT2D eigenvalue weighted by Crippen LogP contribution is -2.42. The summed E-state index contributed by atoms with van der Waals surface area (Å²) in [6, 6.07) is 20.4. The van der Waals surface area contributed by atoms with Gasteiger partial charge in [-0.3, -0.25) is 4.79 Å².